The molecule has 116 valence electrons. The van der Waals surface area contributed by atoms with Crippen molar-refractivity contribution < 1.29 is 13.2 Å². The number of likely N-dealkylation sites (N-methyl/N-ethyl adjacent to an activating group) is 1. The second-order valence-electron chi connectivity index (χ2n) is 5.09. The topological polar surface area (TPSA) is 78.5 Å². The van der Waals surface area contributed by atoms with Crippen molar-refractivity contribution in [3.63, 3.8) is 0 Å². The molecule has 1 saturated heterocycles. The van der Waals surface area contributed by atoms with Gasteiger partial charge in [-0.3, -0.25) is 4.79 Å². The van der Waals surface area contributed by atoms with Crippen LogP contribution in [0.3, 0.4) is 0 Å². The number of sulfonamides is 1. The molecular formula is C14H21N3O3S. The number of nitrogens with one attached hydrogen (secondary N) is 2. The average Bonchev–Trinajstić information content (AvgIpc) is 2.54. The molecule has 1 fully saturated rings. The van der Waals surface area contributed by atoms with Gasteiger partial charge in [-0.1, -0.05) is 0 Å². The Labute approximate surface area is 125 Å². The fourth-order valence-electron chi connectivity index (χ4n) is 2.47. The molecule has 1 atom stereocenters. The molecule has 7 heteroatoms. The van der Waals surface area contributed by atoms with Gasteiger partial charge in [-0.2, -0.15) is 4.31 Å². The summed E-state index contributed by atoms with van der Waals surface area (Å²) in [7, 11) is -0.106. The monoisotopic (exact) mass is 311 g/mol. The SMILES string of the molecule is CNC(=O)c1ccc(S(=O)(=O)N2CCCC(NC)C2)cc1. The number of carbonyl (C=O) groups is 1. The number of hydrogen-bond donors (Lipinski definition) is 2. The van der Waals surface area contributed by atoms with E-state index < -0.39 is 10.0 Å². The van der Waals surface area contributed by atoms with Crippen molar-refractivity contribution in [2.24, 2.45) is 0 Å². The average molecular weight is 311 g/mol. The molecule has 0 saturated carbocycles. The second-order valence-corrected chi connectivity index (χ2v) is 7.03. The number of nitrogens with zero attached hydrogens (tertiary/aromatic N) is 1. The second kappa shape index (κ2) is 6.55. The molecule has 1 aliphatic rings. The normalized spacial score (nSPS) is 20.2. The largest absolute Gasteiger partial charge is 0.355 e. The zero-order chi connectivity index (χ0) is 15.5. The minimum atomic E-state index is -3.49. The van der Waals surface area contributed by atoms with Crippen molar-refractivity contribution in [1.82, 2.24) is 14.9 Å². The Kier molecular flexibility index (Phi) is 4.97. The van der Waals surface area contributed by atoms with Crippen LogP contribution in [0.4, 0.5) is 0 Å². The molecule has 6 nitrogen and oxygen atoms in total. The summed E-state index contributed by atoms with van der Waals surface area (Å²) < 4.78 is 26.7. The molecule has 21 heavy (non-hydrogen) atoms. The number of amides is 1. The number of benzene rings is 1. The third kappa shape index (κ3) is 3.42. The van der Waals surface area contributed by atoms with E-state index in [1.807, 2.05) is 7.05 Å². The lowest BCUT2D eigenvalue weighted by molar-refractivity contribution is 0.0963. The molecule has 2 N–H and O–H groups in total. The van der Waals surface area contributed by atoms with Crippen LogP contribution in [0.2, 0.25) is 0 Å². The van der Waals surface area contributed by atoms with Crippen LogP contribution in [0.15, 0.2) is 29.2 Å². The van der Waals surface area contributed by atoms with Crippen molar-refractivity contribution in [3.8, 4) is 0 Å². The highest BCUT2D eigenvalue weighted by atomic mass is 32.2. The quantitative estimate of drug-likeness (QED) is 0.845. The van der Waals surface area contributed by atoms with E-state index in [2.05, 4.69) is 10.6 Å². The van der Waals surface area contributed by atoms with Gasteiger partial charge in [0, 0.05) is 31.7 Å². The third-order valence-electron chi connectivity index (χ3n) is 3.77. The summed E-state index contributed by atoms with van der Waals surface area (Å²) in [6.07, 6.45) is 1.83. The molecule has 0 bridgehead atoms. The lowest BCUT2D eigenvalue weighted by atomic mass is 10.1. The summed E-state index contributed by atoms with van der Waals surface area (Å²) in [5.41, 5.74) is 0.447. The van der Waals surface area contributed by atoms with Gasteiger partial charge in [0.15, 0.2) is 0 Å². The molecule has 0 aromatic heterocycles. The summed E-state index contributed by atoms with van der Waals surface area (Å²) in [6.45, 7) is 1.02. The van der Waals surface area contributed by atoms with Crippen LogP contribution in [-0.4, -0.2) is 51.9 Å². The van der Waals surface area contributed by atoms with Gasteiger partial charge in [0.25, 0.3) is 5.91 Å². The minimum Gasteiger partial charge on any atom is -0.355 e. The molecule has 2 rings (SSSR count). The minimum absolute atomic E-state index is 0.193. The molecule has 1 heterocycles. The molecule has 1 amide bonds. The Morgan fingerprint density at radius 1 is 1.24 bits per heavy atom. The van der Waals surface area contributed by atoms with Gasteiger partial charge in [0.2, 0.25) is 10.0 Å². The Hall–Kier alpha value is -1.44. The zero-order valence-corrected chi connectivity index (χ0v) is 13.1. The van der Waals surface area contributed by atoms with Crippen LogP contribution in [0, 0.1) is 0 Å². The van der Waals surface area contributed by atoms with Gasteiger partial charge in [-0.05, 0) is 44.2 Å². The van der Waals surface area contributed by atoms with Crippen molar-refractivity contribution in [2.45, 2.75) is 23.8 Å². The van der Waals surface area contributed by atoms with Crippen LogP contribution in [-0.2, 0) is 10.0 Å². The van der Waals surface area contributed by atoms with Gasteiger partial charge in [0.05, 0.1) is 4.90 Å². The van der Waals surface area contributed by atoms with E-state index in [0.29, 0.717) is 18.7 Å². The maximum Gasteiger partial charge on any atom is 0.251 e. The fourth-order valence-corrected chi connectivity index (χ4v) is 3.99. The van der Waals surface area contributed by atoms with Crippen LogP contribution in [0.1, 0.15) is 23.2 Å². The van der Waals surface area contributed by atoms with Crippen molar-refractivity contribution in [3.05, 3.63) is 29.8 Å². The highest BCUT2D eigenvalue weighted by molar-refractivity contribution is 7.89. The van der Waals surface area contributed by atoms with E-state index in [0.717, 1.165) is 12.8 Å². The molecule has 1 aromatic carbocycles. The Bertz CT molecular complexity index is 598. The maximum absolute atomic E-state index is 12.6. The van der Waals surface area contributed by atoms with Crippen LogP contribution in [0.25, 0.3) is 0 Å². The van der Waals surface area contributed by atoms with Gasteiger partial charge < -0.3 is 10.6 Å². The lowest BCUT2D eigenvalue weighted by Crippen LogP contribution is -2.46. The molecular weight excluding hydrogens is 290 g/mol. The predicted octanol–water partition coefficient (Wildman–Crippen LogP) is 0.419. The standard InChI is InChI=1S/C14H21N3O3S/c1-15-12-4-3-9-17(10-12)21(19,20)13-7-5-11(6-8-13)14(18)16-2/h5-8,12,15H,3-4,9-10H2,1-2H3,(H,16,18). The van der Waals surface area contributed by atoms with E-state index in [-0.39, 0.29) is 16.8 Å². The highest BCUT2D eigenvalue weighted by Crippen LogP contribution is 2.21. The van der Waals surface area contributed by atoms with Gasteiger partial charge >= 0.3 is 0 Å². The maximum atomic E-state index is 12.6. The van der Waals surface area contributed by atoms with Crippen molar-refractivity contribution >= 4 is 15.9 Å². The van der Waals surface area contributed by atoms with Crippen LogP contribution >= 0.6 is 0 Å². The first-order chi connectivity index (χ1) is 9.98. The number of piperidine rings is 1. The van der Waals surface area contributed by atoms with Crippen LogP contribution in [0.5, 0.6) is 0 Å². The molecule has 0 spiro atoms. The highest BCUT2D eigenvalue weighted by Gasteiger charge is 2.29. The number of carbonyl (C=O) groups excluding carboxylic acids is 1. The first kappa shape index (κ1) is 15.9. The predicted molar refractivity (Wildman–Crippen MR) is 80.7 cm³/mol. The van der Waals surface area contributed by atoms with E-state index in [4.69, 9.17) is 0 Å². The Morgan fingerprint density at radius 3 is 2.48 bits per heavy atom. The molecule has 1 aromatic rings. The molecule has 0 aliphatic carbocycles. The summed E-state index contributed by atoms with van der Waals surface area (Å²) >= 11 is 0. The first-order valence-corrected chi connectivity index (χ1v) is 8.42. The van der Waals surface area contributed by atoms with Gasteiger partial charge in [-0.25, -0.2) is 8.42 Å². The summed E-state index contributed by atoms with van der Waals surface area (Å²) in [5.74, 6) is -0.229. The molecule has 1 unspecified atom stereocenters. The van der Waals surface area contributed by atoms with E-state index in [1.165, 1.54) is 28.6 Å². The number of hydrogen-bond acceptors (Lipinski definition) is 4. The van der Waals surface area contributed by atoms with E-state index in [1.54, 1.807) is 7.05 Å². The zero-order valence-electron chi connectivity index (χ0n) is 12.3. The Balaban J connectivity index is 2.21. The fraction of sp³-hybridized carbons (Fsp3) is 0.500. The first-order valence-electron chi connectivity index (χ1n) is 6.98. The van der Waals surface area contributed by atoms with Crippen molar-refractivity contribution in [2.75, 3.05) is 27.2 Å². The lowest BCUT2D eigenvalue weighted by Gasteiger charge is -2.31. The van der Waals surface area contributed by atoms with Crippen molar-refractivity contribution in [1.29, 1.82) is 0 Å². The smallest absolute Gasteiger partial charge is 0.251 e. The summed E-state index contributed by atoms with van der Waals surface area (Å²) in [4.78, 5) is 11.7. The number of rotatable bonds is 4. The summed E-state index contributed by atoms with van der Waals surface area (Å²) in [6, 6.07) is 6.24. The third-order valence-corrected chi connectivity index (χ3v) is 5.65. The van der Waals surface area contributed by atoms with Gasteiger partial charge in [-0.15, -0.1) is 0 Å². The van der Waals surface area contributed by atoms with E-state index >= 15 is 0 Å². The molecule has 1 aliphatic heterocycles. The summed E-state index contributed by atoms with van der Waals surface area (Å²) in [5, 5.41) is 5.64. The van der Waals surface area contributed by atoms with Gasteiger partial charge in [0.1, 0.15) is 0 Å². The molecule has 0 radical (unpaired) electrons. The Morgan fingerprint density at radius 2 is 1.90 bits per heavy atom. The van der Waals surface area contributed by atoms with Crippen LogP contribution < -0.4 is 10.6 Å². The van der Waals surface area contributed by atoms with E-state index in [9.17, 15) is 13.2 Å².